The minimum atomic E-state index is -0.731. The van der Waals surface area contributed by atoms with Crippen molar-refractivity contribution < 1.29 is 13.6 Å². The fourth-order valence-electron chi connectivity index (χ4n) is 2.02. The molecule has 0 spiro atoms. The fourth-order valence-corrected chi connectivity index (χ4v) is 2.02. The van der Waals surface area contributed by atoms with Crippen LogP contribution in [0.4, 0.5) is 20.2 Å². The molecule has 3 nitrogen and oxygen atoms in total. The Bertz CT molecular complexity index is 474. The van der Waals surface area contributed by atoms with E-state index in [1.807, 2.05) is 13.8 Å². The molecule has 1 heterocycles. The minimum Gasteiger partial charge on any atom is -0.372 e. The SMILES string of the molecule is CC(C)C1Nc2cc(F)cc(F)c2N(C)C1=O. The molecule has 5 heteroatoms. The predicted molar refractivity (Wildman–Crippen MR) is 62.0 cm³/mol. The number of carbonyl (C=O) groups excluding carboxylic acids is 1. The van der Waals surface area contributed by atoms with Gasteiger partial charge in [0.25, 0.3) is 0 Å². The molecule has 0 aliphatic carbocycles. The first-order valence-corrected chi connectivity index (χ1v) is 5.45. The van der Waals surface area contributed by atoms with Gasteiger partial charge in [-0.1, -0.05) is 13.8 Å². The summed E-state index contributed by atoms with van der Waals surface area (Å²) in [6.45, 7) is 3.76. The van der Waals surface area contributed by atoms with E-state index in [1.165, 1.54) is 18.0 Å². The third-order valence-corrected chi connectivity index (χ3v) is 2.94. The zero-order chi connectivity index (χ0) is 12.7. The standard InChI is InChI=1S/C12H14F2N2O/c1-6(2)10-12(17)16(3)11-8(14)4-7(13)5-9(11)15-10/h4-6,10,15H,1-3H3. The third-order valence-electron chi connectivity index (χ3n) is 2.94. The molecular formula is C12H14F2N2O. The highest BCUT2D eigenvalue weighted by atomic mass is 19.1. The van der Waals surface area contributed by atoms with E-state index >= 15 is 0 Å². The number of amides is 1. The van der Waals surface area contributed by atoms with Gasteiger partial charge >= 0.3 is 0 Å². The van der Waals surface area contributed by atoms with Crippen LogP contribution >= 0.6 is 0 Å². The van der Waals surface area contributed by atoms with Crippen molar-refractivity contribution in [3.8, 4) is 0 Å². The van der Waals surface area contributed by atoms with Crippen LogP contribution in [-0.2, 0) is 4.79 Å². The molecule has 1 aromatic rings. The van der Waals surface area contributed by atoms with Crippen LogP contribution < -0.4 is 10.2 Å². The lowest BCUT2D eigenvalue weighted by molar-refractivity contribution is -0.120. The van der Waals surface area contributed by atoms with E-state index in [0.29, 0.717) is 5.69 Å². The summed E-state index contributed by atoms with van der Waals surface area (Å²) in [4.78, 5) is 13.2. The largest absolute Gasteiger partial charge is 0.372 e. The number of hydrogen-bond acceptors (Lipinski definition) is 2. The molecule has 0 radical (unpaired) electrons. The number of carbonyl (C=O) groups is 1. The summed E-state index contributed by atoms with van der Waals surface area (Å²) in [6.07, 6.45) is 0. The first kappa shape index (κ1) is 11.8. The summed E-state index contributed by atoms with van der Waals surface area (Å²) in [5.74, 6) is -1.55. The van der Waals surface area contributed by atoms with Crippen molar-refractivity contribution in [1.29, 1.82) is 0 Å². The van der Waals surface area contributed by atoms with Gasteiger partial charge in [-0.15, -0.1) is 0 Å². The van der Waals surface area contributed by atoms with Gasteiger partial charge in [0, 0.05) is 13.1 Å². The molecule has 0 saturated carbocycles. The Labute approximate surface area is 98.4 Å². The van der Waals surface area contributed by atoms with Gasteiger partial charge in [-0.3, -0.25) is 4.79 Å². The number of benzene rings is 1. The zero-order valence-corrected chi connectivity index (χ0v) is 9.92. The Morgan fingerprint density at radius 3 is 2.59 bits per heavy atom. The van der Waals surface area contributed by atoms with Crippen molar-refractivity contribution in [3.63, 3.8) is 0 Å². The van der Waals surface area contributed by atoms with E-state index in [9.17, 15) is 13.6 Å². The molecule has 0 bridgehead atoms. The van der Waals surface area contributed by atoms with E-state index in [0.717, 1.165) is 6.07 Å². The zero-order valence-electron chi connectivity index (χ0n) is 9.92. The van der Waals surface area contributed by atoms with Gasteiger partial charge in [-0.2, -0.15) is 0 Å². The Kier molecular flexibility index (Phi) is 2.77. The van der Waals surface area contributed by atoms with Gasteiger partial charge in [0.1, 0.15) is 17.5 Å². The van der Waals surface area contributed by atoms with Gasteiger partial charge in [0.15, 0.2) is 5.82 Å². The number of likely N-dealkylation sites (N-methyl/N-ethyl adjacent to an activating group) is 1. The molecule has 92 valence electrons. The van der Waals surface area contributed by atoms with Crippen LogP contribution in [0.2, 0.25) is 0 Å². The summed E-state index contributed by atoms with van der Waals surface area (Å²) in [6, 6.07) is 1.53. The van der Waals surface area contributed by atoms with Crippen LogP contribution in [0.15, 0.2) is 12.1 Å². The highest BCUT2D eigenvalue weighted by Crippen LogP contribution is 2.35. The van der Waals surface area contributed by atoms with E-state index in [4.69, 9.17) is 0 Å². The molecule has 2 rings (SSSR count). The lowest BCUT2D eigenvalue weighted by atomic mass is 9.99. The second kappa shape index (κ2) is 3.98. The lowest BCUT2D eigenvalue weighted by Gasteiger charge is -2.35. The molecule has 1 aromatic carbocycles. The molecule has 1 amide bonds. The number of nitrogens with one attached hydrogen (secondary N) is 1. The monoisotopic (exact) mass is 240 g/mol. The normalized spacial score (nSPS) is 19.3. The quantitative estimate of drug-likeness (QED) is 0.817. The molecular weight excluding hydrogens is 226 g/mol. The molecule has 1 N–H and O–H groups in total. The number of anilines is 2. The van der Waals surface area contributed by atoms with Crippen LogP contribution in [-0.4, -0.2) is 19.0 Å². The van der Waals surface area contributed by atoms with Crippen molar-refractivity contribution in [2.45, 2.75) is 19.9 Å². The lowest BCUT2D eigenvalue weighted by Crippen LogP contribution is -2.48. The van der Waals surface area contributed by atoms with Crippen molar-refractivity contribution >= 4 is 17.3 Å². The second-order valence-corrected chi connectivity index (χ2v) is 4.55. The van der Waals surface area contributed by atoms with Crippen molar-refractivity contribution in [2.75, 3.05) is 17.3 Å². The Morgan fingerprint density at radius 1 is 1.35 bits per heavy atom. The van der Waals surface area contributed by atoms with Crippen LogP contribution in [0, 0.1) is 17.6 Å². The van der Waals surface area contributed by atoms with Crippen LogP contribution in [0.1, 0.15) is 13.8 Å². The molecule has 17 heavy (non-hydrogen) atoms. The number of hydrogen-bond donors (Lipinski definition) is 1. The van der Waals surface area contributed by atoms with Gasteiger partial charge in [0.05, 0.1) is 5.69 Å². The maximum Gasteiger partial charge on any atom is 0.249 e. The van der Waals surface area contributed by atoms with Gasteiger partial charge in [-0.05, 0) is 12.0 Å². The molecule has 0 aromatic heterocycles. The van der Waals surface area contributed by atoms with Crippen LogP contribution in [0.5, 0.6) is 0 Å². The average Bonchev–Trinajstić information content (AvgIpc) is 2.21. The van der Waals surface area contributed by atoms with Crippen LogP contribution in [0.3, 0.4) is 0 Å². The number of halogens is 2. The Morgan fingerprint density at radius 2 is 2.00 bits per heavy atom. The smallest absolute Gasteiger partial charge is 0.249 e. The van der Waals surface area contributed by atoms with Gasteiger partial charge in [-0.25, -0.2) is 8.78 Å². The second-order valence-electron chi connectivity index (χ2n) is 4.55. The summed E-state index contributed by atoms with van der Waals surface area (Å²) in [5.41, 5.74) is 0.427. The summed E-state index contributed by atoms with van der Waals surface area (Å²) in [5, 5.41) is 2.89. The maximum absolute atomic E-state index is 13.6. The van der Waals surface area contributed by atoms with Crippen molar-refractivity contribution in [3.05, 3.63) is 23.8 Å². The average molecular weight is 240 g/mol. The maximum atomic E-state index is 13.6. The van der Waals surface area contributed by atoms with Gasteiger partial charge in [0.2, 0.25) is 5.91 Å². The predicted octanol–water partition coefficient (Wildman–Crippen LogP) is 2.38. The Hall–Kier alpha value is -1.65. The topological polar surface area (TPSA) is 32.3 Å². The molecule has 0 saturated heterocycles. The Balaban J connectivity index is 2.53. The van der Waals surface area contributed by atoms with E-state index in [2.05, 4.69) is 5.32 Å². The molecule has 1 aliphatic rings. The summed E-state index contributed by atoms with van der Waals surface area (Å²) < 4.78 is 26.7. The van der Waals surface area contributed by atoms with Gasteiger partial charge < -0.3 is 10.2 Å². The number of rotatable bonds is 1. The highest BCUT2D eigenvalue weighted by Gasteiger charge is 2.34. The van der Waals surface area contributed by atoms with Crippen molar-refractivity contribution in [1.82, 2.24) is 0 Å². The molecule has 1 aliphatic heterocycles. The molecule has 0 fully saturated rings. The minimum absolute atomic E-state index is 0.0458. The van der Waals surface area contributed by atoms with Crippen LogP contribution in [0.25, 0.3) is 0 Å². The van der Waals surface area contributed by atoms with Crippen molar-refractivity contribution in [2.24, 2.45) is 5.92 Å². The van der Waals surface area contributed by atoms with E-state index in [-0.39, 0.29) is 17.5 Å². The number of fused-ring (bicyclic) bond motifs is 1. The summed E-state index contributed by atoms with van der Waals surface area (Å²) in [7, 11) is 1.50. The summed E-state index contributed by atoms with van der Waals surface area (Å²) >= 11 is 0. The molecule has 1 unspecified atom stereocenters. The molecule has 1 atom stereocenters. The highest BCUT2D eigenvalue weighted by molar-refractivity contribution is 6.04. The third kappa shape index (κ3) is 1.85. The van der Waals surface area contributed by atoms with E-state index < -0.39 is 17.7 Å². The van der Waals surface area contributed by atoms with E-state index in [1.54, 1.807) is 0 Å². The first-order chi connectivity index (χ1) is 7.91. The first-order valence-electron chi connectivity index (χ1n) is 5.45. The fraction of sp³-hybridized carbons (Fsp3) is 0.417. The number of nitrogens with zero attached hydrogens (tertiary/aromatic N) is 1.